The molecule has 1 aromatic heterocycles. The number of carbonyl (C=O) groups is 1. The fourth-order valence-electron chi connectivity index (χ4n) is 2.73. The summed E-state index contributed by atoms with van der Waals surface area (Å²) in [4.78, 5) is 17.3. The molecule has 0 N–H and O–H groups in total. The molecule has 0 fully saturated rings. The molecule has 2 aromatic rings. The quantitative estimate of drug-likeness (QED) is 0.833. The average Bonchev–Trinajstić information content (AvgIpc) is 2.68. The highest BCUT2D eigenvalue weighted by Crippen LogP contribution is 2.37. The first-order chi connectivity index (χ1) is 9.82. The van der Waals surface area contributed by atoms with Crippen molar-refractivity contribution >= 4 is 17.1 Å². The van der Waals surface area contributed by atoms with Crippen LogP contribution in [0, 0.1) is 17.0 Å². The summed E-state index contributed by atoms with van der Waals surface area (Å²) < 4.78 is 26.4. The van der Waals surface area contributed by atoms with Crippen molar-refractivity contribution in [2.24, 2.45) is 5.41 Å². The Morgan fingerprint density at radius 1 is 1.19 bits per heavy atom. The molecule has 0 aliphatic heterocycles. The second-order valence-electron chi connectivity index (χ2n) is 6.28. The molecule has 1 aliphatic carbocycles. The third-order valence-corrected chi connectivity index (χ3v) is 4.70. The molecule has 0 unspecified atom stereocenters. The third-order valence-electron chi connectivity index (χ3n) is 3.56. The highest BCUT2D eigenvalue weighted by Gasteiger charge is 2.33. The van der Waals surface area contributed by atoms with Crippen molar-refractivity contribution in [3.8, 4) is 0 Å². The lowest BCUT2D eigenvalue weighted by atomic mass is 9.78. The number of hydrogen-bond acceptors (Lipinski definition) is 3. The average molecular weight is 307 g/mol. The number of halogens is 2. The topological polar surface area (TPSA) is 30.0 Å². The number of fused-ring (bicyclic) bond motifs is 1. The van der Waals surface area contributed by atoms with Crippen molar-refractivity contribution in [2.45, 2.75) is 33.1 Å². The summed E-state index contributed by atoms with van der Waals surface area (Å²) in [7, 11) is 0. The number of thiazole rings is 1. The second kappa shape index (κ2) is 4.98. The van der Waals surface area contributed by atoms with Crippen molar-refractivity contribution in [3.05, 3.63) is 51.0 Å². The lowest BCUT2D eigenvalue weighted by Crippen LogP contribution is -2.26. The van der Waals surface area contributed by atoms with E-state index < -0.39 is 11.6 Å². The molecule has 0 saturated carbocycles. The first kappa shape index (κ1) is 14.3. The molecule has 0 bridgehead atoms. The van der Waals surface area contributed by atoms with Crippen LogP contribution < -0.4 is 0 Å². The maximum atomic E-state index is 13.2. The van der Waals surface area contributed by atoms with E-state index in [1.165, 1.54) is 23.5 Å². The van der Waals surface area contributed by atoms with Gasteiger partial charge in [0.05, 0.1) is 15.6 Å². The molecule has 0 amide bonds. The molecule has 0 spiro atoms. The van der Waals surface area contributed by atoms with Gasteiger partial charge in [-0.05, 0) is 29.5 Å². The van der Waals surface area contributed by atoms with Gasteiger partial charge in [0.25, 0.3) is 0 Å². The zero-order chi connectivity index (χ0) is 15.2. The Morgan fingerprint density at radius 3 is 2.52 bits per heavy atom. The number of aromatic nitrogens is 1. The summed E-state index contributed by atoms with van der Waals surface area (Å²) >= 11 is 1.35. The normalized spacial score (nSPS) is 16.9. The molecule has 1 aliphatic rings. The molecule has 110 valence electrons. The van der Waals surface area contributed by atoms with Crippen molar-refractivity contribution in [3.63, 3.8) is 0 Å². The molecular weight excluding hydrogens is 292 g/mol. The molecule has 1 heterocycles. The zero-order valence-electron chi connectivity index (χ0n) is 11.9. The van der Waals surface area contributed by atoms with Gasteiger partial charge in [0.2, 0.25) is 0 Å². The molecule has 0 radical (unpaired) electrons. The molecule has 5 heteroatoms. The van der Waals surface area contributed by atoms with Crippen LogP contribution in [0.3, 0.4) is 0 Å². The van der Waals surface area contributed by atoms with E-state index in [2.05, 4.69) is 18.8 Å². The van der Waals surface area contributed by atoms with Gasteiger partial charge in [0.1, 0.15) is 11.6 Å². The van der Waals surface area contributed by atoms with Crippen LogP contribution in [0.5, 0.6) is 0 Å². The molecule has 1 aromatic carbocycles. The second-order valence-corrected chi connectivity index (χ2v) is 7.36. The van der Waals surface area contributed by atoms with E-state index in [4.69, 9.17) is 0 Å². The van der Waals surface area contributed by atoms with Gasteiger partial charge < -0.3 is 0 Å². The highest BCUT2D eigenvalue weighted by atomic mass is 32.1. The minimum absolute atomic E-state index is 0.0691. The Morgan fingerprint density at radius 2 is 1.86 bits per heavy atom. The lowest BCUT2D eigenvalue weighted by molar-refractivity contribution is 0.0916. The van der Waals surface area contributed by atoms with E-state index in [0.717, 1.165) is 23.2 Å². The van der Waals surface area contributed by atoms with Gasteiger partial charge in [-0.2, -0.15) is 0 Å². The Balaban J connectivity index is 1.90. The number of ketones is 1. The Labute approximate surface area is 125 Å². The van der Waals surface area contributed by atoms with Gasteiger partial charge in [-0.25, -0.2) is 13.8 Å². The number of hydrogen-bond donors (Lipinski definition) is 0. The van der Waals surface area contributed by atoms with E-state index >= 15 is 0 Å². The minimum atomic E-state index is -0.594. The first-order valence-corrected chi connectivity index (χ1v) is 7.61. The SMILES string of the molecule is CC1(C)CC(=O)c2sc(Cc3cc(F)cc(F)c3)nc2C1. The Bertz CT molecular complexity index is 701. The number of carbonyl (C=O) groups excluding carboxylic acids is 1. The standard InChI is InChI=1S/C16H15F2NOS/c1-16(2)7-12-15(13(20)8-16)21-14(19-12)5-9-3-10(17)6-11(18)4-9/h3-4,6H,5,7-8H2,1-2H3. The zero-order valence-corrected chi connectivity index (χ0v) is 12.7. The van der Waals surface area contributed by atoms with Crippen LogP contribution in [0.4, 0.5) is 8.78 Å². The monoisotopic (exact) mass is 307 g/mol. The van der Waals surface area contributed by atoms with E-state index in [-0.39, 0.29) is 11.2 Å². The maximum Gasteiger partial charge on any atom is 0.175 e. The molecule has 3 rings (SSSR count). The van der Waals surface area contributed by atoms with Gasteiger partial charge >= 0.3 is 0 Å². The van der Waals surface area contributed by atoms with E-state index in [9.17, 15) is 13.6 Å². The number of Topliss-reactive ketones (excluding diaryl/α,β-unsaturated/α-hetero) is 1. The van der Waals surface area contributed by atoms with Crippen molar-refractivity contribution in [1.82, 2.24) is 4.98 Å². The number of rotatable bonds is 2. The smallest absolute Gasteiger partial charge is 0.175 e. The van der Waals surface area contributed by atoms with Crippen LogP contribution in [-0.4, -0.2) is 10.8 Å². The fourth-order valence-corrected chi connectivity index (χ4v) is 3.78. The van der Waals surface area contributed by atoms with Crippen LogP contribution in [0.15, 0.2) is 18.2 Å². The molecule has 21 heavy (non-hydrogen) atoms. The lowest BCUT2D eigenvalue weighted by Gasteiger charge is -2.26. The first-order valence-electron chi connectivity index (χ1n) is 6.79. The van der Waals surface area contributed by atoms with Gasteiger partial charge in [-0.15, -0.1) is 11.3 Å². The fraction of sp³-hybridized carbons (Fsp3) is 0.375. The van der Waals surface area contributed by atoms with Crippen LogP contribution in [0.2, 0.25) is 0 Å². The van der Waals surface area contributed by atoms with Crippen molar-refractivity contribution < 1.29 is 13.6 Å². The van der Waals surface area contributed by atoms with Crippen LogP contribution >= 0.6 is 11.3 Å². The molecule has 0 atom stereocenters. The van der Waals surface area contributed by atoms with Crippen molar-refractivity contribution in [1.29, 1.82) is 0 Å². The van der Waals surface area contributed by atoms with Crippen LogP contribution in [-0.2, 0) is 12.8 Å². The summed E-state index contributed by atoms with van der Waals surface area (Å²) in [5, 5.41) is 0.732. The molecule has 2 nitrogen and oxygen atoms in total. The highest BCUT2D eigenvalue weighted by molar-refractivity contribution is 7.13. The molecule has 0 saturated heterocycles. The van der Waals surface area contributed by atoms with E-state index in [1.54, 1.807) is 0 Å². The minimum Gasteiger partial charge on any atom is -0.293 e. The summed E-state index contributed by atoms with van der Waals surface area (Å²) in [6.45, 7) is 4.10. The van der Waals surface area contributed by atoms with Crippen molar-refractivity contribution in [2.75, 3.05) is 0 Å². The van der Waals surface area contributed by atoms with Gasteiger partial charge in [-0.3, -0.25) is 4.79 Å². The Kier molecular flexibility index (Phi) is 3.40. The van der Waals surface area contributed by atoms with E-state index in [1.807, 2.05) is 0 Å². The van der Waals surface area contributed by atoms with Gasteiger partial charge in [0.15, 0.2) is 5.78 Å². The molecular formula is C16H15F2NOS. The number of nitrogens with zero attached hydrogens (tertiary/aromatic N) is 1. The largest absolute Gasteiger partial charge is 0.293 e. The predicted octanol–water partition coefficient (Wildman–Crippen LogP) is 4.17. The van der Waals surface area contributed by atoms with Gasteiger partial charge in [-0.1, -0.05) is 13.8 Å². The van der Waals surface area contributed by atoms with Crippen LogP contribution in [0.1, 0.15) is 46.2 Å². The summed E-state index contributed by atoms with van der Waals surface area (Å²) in [6.07, 6.45) is 1.64. The summed E-state index contributed by atoms with van der Waals surface area (Å²) in [5.41, 5.74) is 1.29. The summed E-state index contributed by atoms with van der Waals surface area (Å²) in [6, 6.07) is 3.45. The van der Waals surface area contributed by atoms with E-state index in [0.29, 0.717) is 23.3 Å². The maximum absolute atomic E-state index is 13.2. The Hall–Kier alpha value is -1.62. The summed E-state index contributed by atoms with van der Waals surface area (Å²) in [5.74, 6) is -1.07. The van der Waals surface area contributed by atoms with Crippen LogP contribution in [0.25, 0.3) is 0 Å². The number of benzene rings is 1. The third kappa shape index (κ3) is 3.02. The van der Waals surface area contributed by atoms with Gasteiger partial charge in [0, 0.05) is 18.9 Å². The predicted molar refractivity (Wildman–Crippen MR) is 77.7 cm³/mol.